The zero-order valence-corrected chi connectivity index (χ0v) is 19.0. The maximum Gasteiger partial charge on any atom is 0.303 e. The topological polar surface area (TPSA) is 90.5 Å². The second-order valence-corrected chi connectivity index (χ2v) is 8.45. The van der Waals surface area contributed by atoms with Crippen LogP contribution in [0.1, 0.15) is 68.4 Å². The molecular formula is C24H36ClN3O3. The van der Waals surface area contributed by atoms with Crippen LogP contribution in [0.3, 0.4) is 0 Å². The largest absolute Gasteiger partial charge is 0.481 e. The number of aliphatic carboxylic acids is 1. The number of rotatable bonds is 9. The fourth-order valence-electron chi connectivity index (χ4n) is 4.45. The molecule has 0 radical (unpaired) electrons. The highest BCUT2D eigenvalue weighted by Gasteiger charge is 2.22. The minimum atomic E-state index is -0.782. The van der Waals surface area contributed by atoms with Crippen LogP contribution in [-0.2, 0) is 16.0 Å². The van der Waals surface area contributed by atoms with Gasteiger partial charge in [-0.1, -0.05) is 48.8 Å². The van der Waals surface area contributed by atoms with Gasteiger partial charge in [0.15, 0.2) is 0 Å². The highest BCUT2D eigenvalue weighted by molar-refractivity contribution is 5.85. The summed E-state index contributed by atoms with van der Waals surface area (Å²) in [6.07, 6.45) is 10.4. The zero-order valence-electron chi connectivity index (χ0n) is 18.2. The molecule has 1 amide bonds. The van der Waals surface area contributed by atoms with Crippen molar-refractivity contribution in [3.05, 3.63) is 47.0 Å². The van der Waals surface area contributed by atoms with E-state index in [-0.39, 0.29) is 30.7 Å². The van der Waals surface area contributed by atoms with Gasteiger partial charge in [-0.3, -0.25) is 9.59 Å². The van der Waals surface area contributed by atoms with E-state index in [4.69, 9.17) is 0 Å². The van der Waals surface area contributed by atoms with E-state index in [1.54, 1.807) is 0 Å². The summed E-state index contributed by atoms with van der Waals surface area (Å²) in [6, 6.07) is 8.07. The van der Waals surface area contributed by atoms with Gasteiger partial charge in [-0.15, -0.1) is 12.4 Å². The average molecular weight is 450 g/mol. The van der Waals surface area contributed by atoms with Gasteiger partial charge in [0, 0.05) is 13.0 Å². The molecule has 172 valence electrons. The molecule has 4 N–H and O–H groups in total. The molecule has 1 saturated heterocycles. The first-order chi connectivity index (χ1) is 14.6. The third-order valence-electron chi connectivity index (χ3n) is 6.08. The molecule has 3 rings (SSSR count). The van der Waals surface area contributed by atoms with Crippen LogP contribution in [-0.4, -0.2) is 42.8 Å². The third kappa shape index (κ3) is 8.63. The lowest BCUT2D eigenvalue weighted by molar-refractivity contribution is -0.137. The predicted molar refractivity (Wildman–Crippen MR) is 126 cm³/mol. The highest BCUT2D eigenvalue weighted by Crippen LogP contribution is 2.33. The summed E-state index contributed by atoms with van der Waals surface area (Å²) in [7, 11) is 0. The van der Waals surface area contributed by atoms with Crippen molar-refractivity contribution in [1.82, 2.24) is 16.0 Å². The lowest BCUT2D eigenvalue weighted by Gasteiger charge is -2.18. The van der Waals surface area contributed by atoms with Gasteiger partial charge in [0.05, 0.1) is 12.6 Å². The Morgan fingerprint density at radius 1 is 1.16 bits per heavy atom. The van der Waals surface area contributed by atoms with Crippen LogP contribution >= 0.6 is 12.4 Å². The van der Waals surface area contributed by atoms with Crippen LogP contribution in [0.5, 0.6) is 0 Å². The van der Waals surface area contributed by atoms with Crippen LogP contribution in [0.25, 0.3) is 0 Å². The molecule has 1 aromatic rings. The Bertz CT molecular complexity index is 745. The SMILES string of the molecule is Cl.O=C(O)CC1CC(CNC(=O)CCCNC2CCCCCN2)=CCc2ccccc21. The van der Waals surface area contributed by atoms with Crippen molar-refractivity contribution >= 4 is 24.3 Å². The van der Waals surface area contributed by atoms with Gasteiger partial charge >= 0.3 is 5.97 Å². The number of carbonyl (C=O) groups excluding carboxylic acids is 1. The number of carboxylic acid groups (broad SMARTS) is 1. The first kappa shape index (κ1) is 25.4. The van der Waals surface area contributed by atoms with E-state index in [1.807, 2.05) is 18.2 Å². The Morgan fingerprint density at radius 2 is 2.00 bits per heavy atom. The predicted octanol–water partition coefficient (Wildman–Crippen LogP) is 3.52. The van der Waals surface area contributed by atoms with Crippen molar-refractivity contribution in [1.29, 1.82) is 0 Å². The summed E-state index contributed by atoms with van der Waals surface area (Å²) in [5.74, 6) is -0.764. The Balaban J connectivity index is 0.00000341. The van der Waals surface area contributed by atoms with Gasteiger partial charge in [-0.25, -0.2) is 0 Å². The summed E-state index contributed by atoms with van der Waals surface area (Å²) in [4.78, 5) is 23.6. The number of amides is 1. The molecule has 2 aliphatic rings. The quantitative estimate of drug-likeness (QED) is 0.342. The summed E-state index contributed by atoms with van der Waals surface area (Å²) < 4.78 is 0. The third-order valence-corrected chi connectivity index (χ3v) is 6.08. The summed E-state index contributed by atoms with van der Waals surface area (Å²) in [6.45, 7) is 2.41. The molecule has 1 heterocycles. The normalized spacial score (nSPS) is 21.0. The van der Waals surface area contributed by atoms with E-state index >= 15 is 0 Å². The molecule has 2 unspecified atom stereocenters. The second kappa shape index (κ2) is 13.5. The van der Waals surface area contributed by atoms with E-state index in [0.717, 1.165) is 43.5 Å². The Morgan fingerprint density at radius 3 is 2.84 bits per heavy atom. The van der Waals surface area contributed by atoms with Crippen LogP contribution in [0, 0.1) is 0 Å². The van der Waals surface area contributed by atoms with Crippen molar-refractivity contribution in [2.75, 3.05) is 19.6 Å². The minimum absolute atomic E-state index is 0. The Labute approximate surface area is 191 Å². The number of hydrogen-bond acceptors (Lipinski definition) is 4. The van der Waals surface area contributed by atoms with Gasteiger partial charge < -0.3 is 21.1 Å². The number of carboxylic acids is 1. The average Bonchev–Trinajstić information content (AvgIpc) is 3.09. The van der Waals surface area contributed by atoms with Crippen LogP contribution < -0.4 is 16.0 Å². The minimum Gasteiger partial charge on any atom is -0.481 e. The van der Waals surface area contributed by atoms with E-state index < -0.39 is 5.97 Å². The molecule has 1 aromatic carbocycles. The number of allylic oxidation sites excluding steroid dienone is 1. The van der Waals surface area contributed by atoms with Crippen molar-refractivity contribution < 1.29 is 14.7 Å². The summed E-state index contributed by atoms with van der Waals surface area (Å²) in [5, 5.41) is 19.4. The van der Waals surface area contributed by atoms with Crippen LogP contribution in [0.15, 0.2) is 35.9 Å². The molecule has 1 aliphatic carbocycles. The first-order valence-corrected chi connectivity index (χ1v) is 11.3. The summed E-state index contributed by atoms with van der Waals surface area (Å²) in [5.41, 5.74) is 3.42. The number of fused-ring (bicyclic) bond motifs is 1. The molecule has 0 bridgehead atoms. The van der Waals surface area contributed by atoms with Crippen molar-refractivity contribution in [2.45, 2.75) is 69.9 Å². The standard InChI is InChI=1S/C24H35N3O3.ClH/c28-23(10-6-14-26-22-9-2-1-5-13-25-22)27-17-18-11-12-19-7-3-4-8-21(19)20(15-18)16-24(29)30;/h3-4,7-8,11,20,22,25-26H,1-2,5-6,9-10,12-17H2,(H,27,28)(H,29,30);1H. The number of halogens is 1. The molecule has 2 atom stereocenters. The molecular weight excluding hydrogens is 414 g/mol. The smallest absolute Gasteiger partial charge is 0.303 e. The molecule has 0 spiro atoms. The van der Waals surface area contributed by atoms with Crippen molar-refractivity contribution in [3.8, 4) is 0 Å². The lowest BCUT2D eigenvalue weighted by atomic mass is 9.88. The molecule has 0 aromatic heterocycles. The monoisotopic (exact) mass is 449 g/mol. The Kier molecular flexibility index (Phi) is 11.1. The number of benzene rings is 1. The fourth-order valence-corrected chi connectivity index (χ4v) is 4.45. The lowest BCUT2D eigenvalue weighted by Crippen LogP contribution is -2.42. The van der Waals surface area contributed by atoms with Crippen molar-refractivity contribution in [2.24, 2.45) is 0 Å². The number of carbonyl (C=O) groups is 2. The van der Waals surface area contributed by atoms with Gasteiger partial charge in [0.2, 0.25) is 5.91 Å². The maximum atomic E-state index is 12.3. The molecule has 1 fully saturated rings. The van der Waals surface area contributed by atoms with Crippen LogP contribution in [0.4, 0.5) is 0 Å². The van der Waals surface area contributed by atoms with E-state index in [2.05, 4.69) is 28.1 Å². The number of hydrogen-bond donors (Lipinski definition) is 4. The van der Waals surface area contributed by atoms with Gasteiger partial charge in [0.1, 0.15) is 0 Å². The zero-order chi connectivity index (χ0) is 21.2. The maximum absolute atomic E-state index is 12.3. The fraction of sp³-hybridized carbons (Fsp3) is 0.583. The van der Waals surface area contributed by atoms with Gasteiger partial charge in [0.25, 0.3) is 0 Å². The van der Waals surface area contributed by atoms with Crippen LogP contribution in [0.2, 0.25) is 0 Å². The first-order valence-electron chi connectivity index (χ1n) is 11.3. The molecule has 0 saturated carbocycles. The van der Waals surface area contributed by atoms with Gasteiger partial charge in [-0.2, -0.15) is 0 Å². The van der Waals surface area contributed by atoms with Crippen molar-refractivity contribution in [3.63, 3.8) is 0 Å². The Hall–Kier alpha value is -1.89. The van der Waals surface area contributed by atoms with E-state index in [1.165, 1.54) is 24.8 Å². The number of nitrogens with one attached hydrogen (secondary N) is 3. The molecule has 7 heteroatoms. The second-order valence-electron chi connectivity index (χ2n) is 8.45. The van der Waals surface area contributed by atoms with E-state index in [9.17, 15) is 14.7 Å². The highest BCUT2D eigenvalue weighted by atomic mass is 35.5. The van der Waals surface area contributed by atoms with E-state index in [0.29, 0.717) is 25.6 Å². The molecule has 31 heavy (non-hydrogen) atoms. The van der Waals surface area contributed by atoms with Gasteiger partial charge in [-0.05, 0) is 62.2 Å². The molecule has 6 nitrogen and oxygen atoms in total. The summed E-state index contributed by atoms with van der Waals surface area (Å²) >= 11 is 0. The molecule has 1 aliphatic heterocycles.